The van der Waals surface area contributed by atoms with Crippen molar-refractivity contribution in [2.45, 2.75) is 19.4 Å². The fourth-order valence-electron chi connectivity index (χ4n) is 3.76. The molecule has 0 unspecified atom stereocenters. The van der Waals surface area contributed by atoms with E-state index in [0.717, 1.165) is 44.3 Å². The summed E-state index contributed by atoms with van der Waals surface area (Å²) in [7, 11) is 2.83. The molecule has 1 aliphatic rings. The van der Waals surface area contributed by atoms with Gasteiger partial charge in [-0.05, 0) is 55.6 Å². The summed E-state index contributed by atoms with van der Waals surface area (Å²) in [6, 6.07) is 11.6. The molecule has 0 radical (unpaired) electrons. The Morgan fingerprint density at radius 3 is 2.34 bits per heavy atom. The third kappa shape index (κ3) is 6.04. The first-order chi connectivity index (χ1) is 15.4. The van der Waals surface area contributed by atoms with Crippen molar-refractivity contribution >= 4 is 17.6 Å². The molecule has 1 N–H and O–H groups in total. The Kier molecular flexibility index (Phi) is 7.77. The fraction of sp³-hybridized carbons (Fsp3) is 0.391. The van der Waals surface area contributed by atoms with Crippen LogP contribution in [0.2, 0.25) is 0 Å². The molecule has 170 valence electrons. The lowest BCUT2D eigenvalue weighted by atomic mass is 9.96. The third-order valence-electron chi connectivity index (χ3n) is 5.64. The van der Waals surface area contributed by atoms with Crippen molar-refractivity contribution in [2.75, 3.05) is 33.9 Å². The van der Waals surface area contributed by atoms with Crippen LogP contribution in [-0.2, 0) is 11.3 Å². The van der Waals surface area contributed by atoms with E-state index in [-0.39, 0.29) is 16.8 Å². The molecule has 1 amide bonds. The molecule has 0 aromatic heterocycles. The summed E-state index contributed by atoms with van der Waals surface area (Å²) >= 11 is 0. The molecule has 9 nitrogen and oxygen atoms in total. The number of piperidine rings is 1. The summed E-state index contributed by atoms with van der Waals surface area (Å²) in [4.78, 5) is 37.2. The van der Waals surface area contributed by atoms with Crippen LogP contribution in [0.4, 0.5) is 5.69 Å². The predicted octanol–water partition coefficient (Wildman–Crippen LogP) is 3.03. The van der Waals surface area contributed by atoms with Gasteiger partial charge >= 0.3 is 5.97 Å². The second kappa shape index (κ2) is 10.7. The van der Waals surface area contributed by atoms with E-state index in [1.165, 1.54) is 24.8 Å². The lowest BCUT2D eigenvalue weighted by molar-refractivity contribution is -0.384. The number of non-ortho nitro benzene ring substituents is 1. The van der Waals surface area contributed by atoms with Crippen LogP contribution >= 0.6 is 0 Å². The molecule has 1 fully saturated rings. The van der Waals surface area contributed by atoms with Crippen molar-refractivity contribution in [3.63, 3.8) is 0 Å². The fourth-order valence-corrected chi connectivity index (χ4v) is 3.76. The summed E-state index contributed by atoms with van der Waals surface area (Å²) in [6.45, 7) is 3.20. The molecule has 0 bridgehead atoms. The molecule has 0 atom stereocenters. The number of likely N-dealkylation sites (tertiary alicyclic amines) is 1. The third-order valence-corrected chi connectivity index (χ3v) is 5.64. The lowest BCUT2D eigenvalue weighted by Crippen LogP contribution is -2.38. The Labute approximate surface area is 186 Å². The van der Waals surface area contributed by atoms with Gasteiger partial charge in [0.1, 0.15) is 5.75 Å². The number of benzene rings is 2. The van der Waals surface area contributed by atoms with Gasteiger partial charge in [0.25, 0.3) is 11.6 Å². The average Bonchev–Trinajstić information content (AvgIpc) is 2.83. The number of amides is 1. The van der Waals surface area contributed by atoms with E-state index < -0.39 is 16.8 Å². The number of hydrogen-bond acceptors (Lipinski definition) is 7. The van der Waals surface area contributed by atoms with Gasteiger partial charge in [0.15, 0.2) is 0 Å². The Morgan fingerprint density at radius 2 is 1.75 bits per heavy atom. The van der Waals surface area contributed by atoms with Gasteiger partial charge in [-0.1, -0.05) is 12.1 Å². The van der Waals surface area contributed by atoms with Crippen molar-refractivity contribution in [2.24, 2.45) is 5.92 Å². The number of methoxy groups -OCH3 is 2. The monoisotopic (exact) mass is 441 g/mol. The van der Waals surface area contributed by atoms with Gasteiger partial charge in [0.2, 0.25) is 0 Å². The van der Waals surface area contributed by atoms with Crippen molar-refractivity contribution in [3.05, 3.63) is 69.3 Å². The Balaban J connectivity index is 1.52. The highest BCUT2D eigenvalue weighted by molar-refractivity contribution is 5.98. The summed E-state index contributed by atoms with van der Waals surface area (Å²) in [6.07, 6.45) is 1.89. The van der Waals surface area contributed by atoms with Gasteiger partial charge in [0, 0.05) is 30.8 Å². The summed E-state index contributed by atoms with van der Waals surface area (Å²) in [5.74, 6) is -0.0120. The van der Waals surface area contributed by atoms with Gasteiger partial charge in [-0.25, -0.2) is 4.79 Å². The number of carbonyl (C=O) groups is 2. The maximum Gasteiger partial charge on any atom is 0.338 e. The summed E-state index contributed by atoms with van der Waals surface area (Å²) in [5, 5.41) is 14.0. The van der Waals surface area contributed by atoms with Crippen LogP contribution in [0, 0.1) is 16.0 Å². The Bertz CT molecular complexity index is 968. The van der Waals surface area contributed by atoms with Gasteiger partial charge in [-0.3, -0.25) is 19.8 Å². The highest BCUT2D eigenvalue weighted by atomic mass is 16.6. The van der Waals surface area contributed by atoms with E-state index in [0.29, 0.717) is 12.5 Å². The second-order valence-corrected chi connectivity index (χ2v) is 7.79. The van der Waals surface area contributed by atoms with Crippen LogP contribution in [0.3, 0.4) is 0 Å². The smallest absolute Gasteiger partial charge is 0.338 e. The predicted molar refractivity (Wildman–Crippen MR) is 118 cm³/mol. The van der Waals surface area contributed by atoms with Crippen LogP contribution < -0.4 is 10.1 Å². The van der Waals surface area contributed by atoms with E-state index in [1.54, 1.807) is 7.11 Å². The molecule has 0 aliphatic carbocycles. The minimum Gasteiger partial charge on any atom is -0.497 e. The van der Waals surface area contributed by atoms with Crippen LogP contribution in [0.15, 0.2) is 42.5 Å². The lowest BCUT2D eigenvalue weighted by Gasteiger charge is -2.32. The first kappa shape index (κ1) is 23.2. The zero-order valence-corrected chi connectivity index (χ0v) is 18.2. The molecule has 9 heteroatoms. The molecule has 2 aromatic carbocycles. The first-order valence-electron chi connectivity index (χ1n) is 10.4. The maximum atomic E-state index is 12.6. The SMILES string of the molecule is COC(=O)c1cc(C(=O)NCC2CCN(Cc3ccc(OC)cc3)CC2)cc([N+](=O)[O-])c1. The molecule has 1 heterocycles. The van der Waals surface area contributed by atoms with E-state index >= 15 is 0 Å². The number of nitro groups is 1. The number of nitrogens with zero attached hydrogens (tertiary/aromatic N) is 2. The summed E-state index contributed by atoms with van der Waals surface area (Å²) < 4.78 is 9.81. The number of esters is 1. The first-order valence-corrected chi connectivity index (χ1v) is 10.4. The normalized spacial score (nSPS) is 14.6. The maximum absolute atomic E-state index is 12.6. The second-order valence-electron chi connectivity index (χ2n) is 7.79. The van der Waals surface area contributed by atoms with Gasteiger partial charge in [-0.2, -0.15) is 0 Å². The molecule has 32 heavy (non-hydrogen) atoms. The summed E-state index contributed by atoms with van der Waals surface area (Å²) in [5.41, 5.74) is 0.935. The molecular formula is C23H27N3O6. The molecule has 3 rings (SSSR count). The van der Waals surface area contributed by atoms with Crippen molar-refractivity contribution in [1.29, 1.82) is 0 Å². The molecule has 0 saturated carbocycles. The average molecular weight is 441 g/mol. The minimum absolute atomic E-state index is 0.0290. The zero-order chi connectivity index (χ0) is 23.1. The van der Waals surface area contributed by atoms with E-state index in [1.807, 2.05) is 12.1 Å². The Hall–Kier alpha value is -3.46. The van der Waals surface area contributed by atoms with Crippen LogP contribution in [0.25, 0.3) is 0 Å². The van der Waals surface area contributed by atoms with Crippen molar-refractivity contribution < 1.29 is 24.0 Å². The molecule has 1 saturated heterocycles. The standard InChI is InChI=1S/C23H27N3O6/c1-31-21-5-3-17(4-6-21)15-25-9-7-16(8-10-25)14-24-22(27)18-11-19(23(28)32-2)13-20(12-18)26(29)30/h3-6,11-13,16H,7-10,14-15H2,1-2H3,(H,24,27). The van der Waals surface area contributed by atoms with Crippen LogP contribution in [0.1, 0.15) is 39.1 Å². The number of rotatable bonds is 8. The largest absolute Gasteiger partial charge is 0.497 e. The van der Waals surface area contributed by atoms with Crippen molar-refractivity contribution in [3.8, 4) is 5.75 Å². The quantitative estimate of drug-likeness (QED) is 0.381. The van der Waals surface area contributed by atoms with Gasteiger partial charge < -0.3 is 14.8 Å². The highest BCUT2D eigenvalue weighted by Crippen LogP contribution is 2.21. The molecular weight excluding hydrogens is 414 g/mol. The molecule has 2 aromatic rings. The number of carbonyl (C=O) groups excluding carboxylic acids is 2. The van der Waals surface area contributed by atoms with Gasteiger partial charge in [0.05, 0.1) is 24.7 Å². The van der Waals surface area contributed by atoms with E-state index in [9.17, 15) is 19.7 Å². The van der Waals surface area contributed by atoms with Crippen LogP contribution in [-0.4, -0.2) is 55.6 Å². The van der Waals surface area contributed by atoms with Crippen molar-refractivity contribution in [1.82, 2.24) is 10.2 Å². The van der Waals surface area contributed by atoms with Crippen LogP contribution in [0.5, 0.6) is 5.75 Å². The van der Waals surface area contributed by atoms with Gasteiger partial charge in [-0.15, -0.1) is 0 Å². The molecule has 0 spiro atoms. The topological polar surface area (TPSA) is 111 Å². The number of hydrogen-bond donors (Lipinski definition) is 1. The zero-order valence-electron chi connectivity index (χ0n) is 18.2. The van der Waals surface area contributed by atoms with E-state index in [4.69, 9.17) is 4.74 Å². The number of nitro benzene ring substituents is 1. The minimum atomic E-state index is -0.730. The Morgan fingerprint density at radius 1 is 1.09 bits per heavy atom. The number of nitrogens with one attached hydrogen (secondary N) is 1. The van der Waals surface area contributed by atoms with E-state index in [2.05, 4.69) is 27.1 Å². The number of ether oxygens (including phenoxy) is 2. The highest BCUT2D eigenvalue weighted by Gasteiger charge is 2.22. The molecule has 1 aliphatic heterocycles.